The highest BCUT2D eigenvalue weighted by molar-refractivity contribution is 5.74. The second-order valence-corrected chi connectivity index (χ2v) is 4.30. The molecule has 0 aliphatic carbocycles. The molecule has 18 heavy (non-hydrogen) atoms. The van der Waals surface area contributed by atoms with E-state index in [9.17, 15) is 9.90 Å². The van der Waals surface area contributed by atoms with Crippen LogP contribution in [0.3, 0.4) is 0 Å². The van der Waals surface area contributed by atoms with E-state index in [0.717, 1.165) is 0 Å². The van der Waals surface area contributed by atoms with Gasteiger partial charge in [-0.1, -0.05) is 0 Å². The average molecular weight is 251 g/mol. The van der Waals surface area contributed by atoms with Crippen molar-refractivity contribution in [1.29, 1.82) is 0 Å². The molecule has 3 N–H and O–H groups in total. The van der Waals surface area contributed by atoms with Crippen molar-refractivity contribution in [3.8, 4) is 0 Å². The molecule has 3 heterocycles. The summed E-state index contributed by atoms with van der Waals surface area (Å²) in [6.45, 7) is 0.0511. The third-order valence-corrected chi connectivity index (χ3v) is 3.31. The van der Waals surface area contributed by atoms with Crippen LogP contribution in [0.25, 0.3) is 11.0 Å². The van der Waals surface area contributed by atoms with E-state index in [1.54, 1.807) is 16.8 Å². The van der Waals surface area contributed by atoms with Crippen molar-refractivity contribution < 1.29 is 14.9 Å². The molecule has 2 aromatic rings. The van der Waals surface area contributed by atoms with Gasteiger partial charge in [-0.2, -0.15) is 0 Å². The molecular formula is C11H13N3O4. The first-order valence-electron chi connectivity index (χ1n) is 5.67. The van der Waals surface area contributed by atoms with Crippen molar-refractivity contribution in [2.75, 3.05) is 13.2 Å². The highest BCUT2D eigenvalue weighted by Crippen LogP contribution is 2.27. The first-order chi connectivity index (χ1) is 8.72. The number of aromatic amines is 1. The maximum absolute atomic E-state index is 11.6. The number of nitrogens with one attached hydrogen (secondary N) is 1. The normalized spacial score (nSPS) is 28.0. The van der Waals surface area contributed by atoms with Gasteiger partial charge in [0.05, 0.1) is 31.0 Å². The molecule has 0 aromatic carbocycles. The summed E-state index contributed by atoms with van der Waals surface area (Å²) in [5.41, 5.74) is 0.288. The number of fused-ring (bicyclic) bond motifs is 1. The standard InChI is InChI=1S/C11H13N3O4/c15-3-8-9(16)7(4-18-8)14-2-1-6-10(14)12-5-13-11(6)17/h1-2,5,7-9,15-16H,3-4H2,(H,12,13,17)/t7-,8-,9+/m0/s1. The van der Waals surface area contributed by atoms with Crippen LogP contribution < -0.4 is 5.56 Å². The van der Waals surface area contributed by atoms with Crippen LogP contribution in [-0.2, 0) is 4.74 Å². The lowest BCUT2D eigenvalue weighted by Gasteiger charge is -2.17. The van der Waals surface area contributed by atoms with Gasteiger partial charge in [-0.15, -0.1) is 0 Å². The van der Waals surface area contributed by atoms with Crippen LogP contribution in [0.15, 0.2) is 23.4 Å². The van der Waals surface area contributed by atoms with Gasteiger partial charge in [0.1, 0.15) is 17.9 Å². The Morgan fingerprint density at radius 1 is 1.61 bits per heavy atom. The Hall–Kier alpha value is -1.70. The van der Waals surface area contributed by atoms with Crippen molar-refractivity contribution in [2.24, 2.45) is 0 Å². The molecule has 0 radical (unpaired) electrons. The van der Waals surface area contributed by atoms with E-state index >= 15 is 0 Å². The van der Waals surface area contributed by atoms with Gasteiger partial charge in [0.2, 0.25) is 0 Å². The van der Waals surface area contributed by atoms with Crippen molar-refractivity contribution in [3.63, 3.8) is 0 Å². The number of aromatic nitrogens is 3. The summed E-state index contributed by atoms with van der Waals surface area (Å²) < 4.78 is 7.01. The monoisotopic (exact) mass is 251 g/mol. The van der Waals surface area contributed by atoms with Crippen LogP contribution >= 0.6 is 0 Å². The van der Waals surface area contributed by atoms with E-state index in [4.69, 9.17) is 9.84 Å². The number of hydrogen-bond donors (Lipinski definition) is 3. The fourth-order valence-electron chi connectivity index (χ4n) is 2.32. The number of aliphatic hydroxyl groups is 2. The molecule has 3 rings (SSSR count). The lowest BCUT2D eigenvalue weighted by atomic mass is 10.1. The smallest absolute Gasteiger partial charge is 0.260 e. The first kappa shape index (κ1) is 11.4. The van der Waals surface area contributed by atoms with Gasteiger partial charge in [0, 0.05) is 6.20 Å². The molecule has 1 fully saturated rings. The predicted molar refractivity (Wildman–Crippen MR) is 62.2 cm³/mol. The highest BCUT2D eigenvalue weighted by Gasteiger charge is 2.37. The lowest BCUT2D eigenvalue weighted by Crippen LogP contribution is -2.30. The van der Waals surface area contributed by atoms with Gasteiger partial charge in [-0.05, 0) is 6.07 Å². The second-order valence-electron chi connectivity index (χ2n) is 4.30. The molecule has 7 nitrogen and oxygen atoms in total. The highest BCUT2D eigenvalue weighted by atomic mass is 16.5. The Morgan fingerprint density at radius 2 is 2.44 bits per heavy atom. The summed E-state index contributed by atoms with van der Waals surface area (Å²) in [4.78, 5) is 18.2. The van der Waals surface area contributed by atoms with Gasteiger partial charge in [-0.3, -0.25) is 4.79 Å². The number of ether oxygens (including phenoxy) is 1. The molecule has 0 amide bonds. The Morgan fingerprint density at radius 3 is 3.17 bits per heavy atom. The summed E-state index contributed by atoms with van der Waals surface area (Å²) >= 11 is 0. The molecule has 1 aliphatic heterocycles. The van der Waals surface area contributed by atoms with E-state index in [2.05, 4.69) is 9.97 Å². The number of rotatable bonds is 2. The first-order valence-corrected chi connectivity index (χ1v) is 5.67. The minimum atomic E-state index is -0.813. The molecule has 3 atom stereocenters. The van der Waals surface area contributed by atoms with Crippen LogP contribution in [-0.4, -0.2) is 50.2 Å². The molecule has 0 bridgehead atoms. The van der Waals surface area contributed by atoms with Crippen molar-refractivity contribution >= 4 is 11.0 Å². The van der Waals surface area contributed by atoms with Crippen molar-refractivity contribution in [3.05, 3.63) is 28.9 Å². The predicted octanol–water partition coefficient (Wildman–Crippen LogP) is -0.982. The Balaban J connectivity index is 2.06. The van der Waals surface area contributed by atoms with Crippen molar-refractivity contribution in [2.45, 2.75) is 18.2 Å². The minimum Gasteiger partial charge on any atom is -0.394 e. The van der Waals surface area contributed by atoms with Gasteiger partial charge in [0.25, 0.3) is 5.56 Å². The quantitative estimate of drug-likeness (QED) is 0.637. The summed E-state index contributed by atoms with van der Waals surface area (Å²) in [5, 5.41) is 19.5. The number of H-pyrrole nitrogens is 1. The molecule has 96 valence electrons. The molecule has 2 aromatic heterocycles. The summed E-state index contributed by atoms with van der Waals surface area (Å²) in [6.07, 6.45) is 1.62. The Kier molecular flexibility index (Phi) is 2.66. The summed E-state index contributed by atoms with van der Waals surface area (Å²) in [7, 11) is 0. The third kappa shape index (κ3) is 1.56. The van der Waals surface area contributed by atoms with E-state index in [0.29, 0.717) is 11.0 Å². The average Bonchev–Trinajstić information content (AvgIpc) is 2.93. The van der Waals surface area contributed by atoms with Crippen LogP contribution in [0, 0.1) is 0 Å². The van der Waals surface area contributed by atoms with E-state index in [1.807, 2.05) is 0 Å². The third-order valence-electron chi connectivity index (χ3n) is 3.31. The summed E-state index contributed by atoms with van der Waals surface area (Å²) in [5.74, 6) is 0. The maximum atomic E-state index is 11.6. The van der Waals surface area contributed by atoms with Gasteiger partial charge in [-0.25, -0.2) is 4.98 Å². The number of aliphatic hydroxyl groups excluding tert-OH is 2. The second kappa shape index (κ2) is 4.20. The fraction of sp³-hybridized carbons (Fsp3) is 0.455. The fourth-order valence-corrected chi connectivity index (χ4v) is 2.32. The van der Waals surface area contributed by atoms with Crippen LogP contribution in [0.5, 0.6) is 0 Å². The zero-order valence-electron chi connectivity index (χ0n) is 9.48. The van der Waals surface area contributed by atoms with Gasteiger partial charge < -0.3 is 24.5 Å². The topological polar surface area (TPSA) is 100 Å². The Labute approximate surface area is 102 Å². The summed E-state index contributed by atoms with van der Waals surface area (Å²) in [6, 6.07) is 1.31. The molecule has 1 aliphatic rings. The van der Waals surface area contributed by atoms with Crippen LogP contribution in [0.1, 0.15) is 6.04 Å². The zero-order chi connectivity index (χ0) is 12.7. The molecule has 7 heteroatoms. The van der Waals surface area contributed by atoms with Crippen LogP contribution in [0.4, 0.5) is 0 Å². The van der Waals surface area contributed by atoms with Gasteiger partial charge in [0.15, 0.2) is 0 Å². The zero-order valence-corrected chi connectivity index (χ0v) is 9.48. The van der Waals surface area contributed by atoms with E-state index in [-0.39, 0.29) is 24.8 Å². The SMILES string of the molecule is O=c1[nH]cnc2c1ccn2[C@H]1CO[C@@H](CO)[C@@H]1O. The maximum Gasteiger partial charge on any atom is 0.260 e. The largest absolute Gasteiger partial charge is 0.394 e. The minimum absolute atomic E-state index is 0.217. The van der Waals surface area contributed by atoms with Crippen molar-refractivity contribution in [1.82, 2.24) is 14.5 Å². The molecule has 1 saturated heterocycles. The number of nitrogens with zero attached hydrogens (tertiary/aromatic N) is 2. The van der Waals surface area contributed by atoms with E-state index in [1.165, 1.54) is 6.33 Å². The Bertz CT molecular complexity index is 620. The molecule has 0 unspecified atom stereocenters. The number of hydrogen-bond acceptors (Lipinski definition) is 5. The van der Waals surface area contributed by atoms with E-state index < -0.39 is 12.2 Å². The van der Waals surface area contributed by atoms with Gasteiger partial charge >= 0.3 is 0 Å². The lowest BCUT2D eigenvalue weighted by molar-refractivity contribution is 0.00207. The molecular weight excluding hydrogens is 238 g/mol. The molecule has 0 spiro atoms. The van der Waals surface area contributed by atoms with Crippen LogP contribution in [0.2, 0.25) is 0 Å². The molecule has 0 saturated carbocycles.